The van der Waals surface area contributed by atoms with Crippen molar-refractivity contribution >= 4 is 34.8 Å². The molecule has 0 unspecified atom stereocenters. The first-order valence-corrected chi connectivity index (χ1v) is 6.53. The quantitative estimate of drug-likeness (QED) is 0.907. The van der Waals surface area contributed by atoms with Crippen molar-refractivity contribution in [3.8, 4) is 5.75 Å². The topological polar surface area (TPSA) is 38.3 Å². The number of benzene rings is 2. The molecule has 21 heavy (non-hydrogen) atoms. The maximum absolute atomic E-state index is 13.0. The van der Waals surface area contributed by atoms with E-state index in [-0.39, 0.29) is 12.3 Å². The monoisotopic (exact) mass is 331 g/mol. The van der Waals surface area contributed by atoms with E-state index in [1.165, 1.54) is 18.2 Å². The second-order valence-corrected chi connectivity index (χ2v) is 4.97. The molecule has 0 saturated heterocycles. The highest BCUT2D eigenvalue weighted by atomic mass is 35.5. The number of carbonyl (C=O) groups is 1. The van der Waals surface area contributed by atoms with E-state index in [4.69, 9.17) is 27.9 Å². The molecule has 0 radical (unpaired) electrons. The molecule has 1 N–H and O–H groups in total. The maximum Gasteiger partial charge on any atom is 0.262 e. The molecular weight excluding hydrogens is 323 g/mol. The zero-order valence-electron chi connectivity index (χ0n) is 10.5. The van der Waals surface area contributed by atoms with Crippen molar-refractivity contribution in [3.05, 3.63) is 58.1 Å². The Hall–Kier alpha value is -1.85. The third-order valence-electron chi connectivity index (χ3n) is 2.35. The Morgan fingerprint density at radius 1 is 1.00 bits per heavy atom. The van der Waals surface area contributed by atoms with Crippen LogP contribution in [-0.2, 0) is 4.79 Å². The third kappa shape index (κ3) is 4.88. The number of ether oxygens (including phenoxy) is 1. The van der Waals surface area contributed by atoms with E-state index in [1.807, 2.05) is 0 Å². The van der Waals surface area contributed by atoms with Crippen molar-refractivity contribution in [3.63, 3.8) is 0 Å². The van der Waals surface area contributed by atoms with E-state index in [2.05, 4.69) is 5.32 Å². The van der Waals surface area contributed by atoms with Gasteiger partial charge in [0.05, 0.1) is 0 Å². The van der Waals surface area contributed by atoms with Gasteiger partial charge in [-0.2, -0.15) is 0 Å². The average molecular weight is 332 g/mol. The van der Waals surface area contributed by atoms with E-state index in [9.17, 15) is 13.6 Å². The van der Waals surface area contributed by atoms with Crippen LogP contribution in [0.15, 0.2) is 36.4 Å². The number of rotatable bonds is 4. The molecule has 2 rings (SSSR count). The van der Waals surface area contributed by atoms with Gasteiger partial charge in [-0.1, -0.05) is 23.2 Å². The van der Waals surface area contributed by atoms with Crippen LogP contribution < -0.4 is 10.1 Å². The zero-order chi connectivity index (χ0) is 15.4. The molecule has 0 aliphatic heterocycles. The van der Waals surface area contributed by atoms with Gasteiger partial charge in [-0.05, 0) is 30.3 Å². The van der Waals surface area contributed by atoms with Gasteiger partial charge in [-0.25, -0.2) is 8.78 Å². The molecule has 0 bridgehead atoms. The molecule has 0 spiro atoms. The van der Waals surface area contributed by atoms with Crippen molar-refractivity contribution in [2.24, 2.45) is 0 Å². The van der Waals surface area contributed by atoms with Crippen LogP contribution in [0.1, 0.15) is 0 Å². The molecule has 0 aliphatic carbocycles. The second kappa shape index (κ2) is 6.74. The summed E-state index contributed by atoms with van der Waals surface area (Å²) in [6.45, 7) is -0.352. The minimum Gasteiger partial charge on any atom is -0.484 e. The van der Waals surface area contributed by atoms with Gasteiger partial charge in [0.25, 0.3) is 5.91 Å². The summed E-state index contributed by atoms with van der Waals surface area (Å²) in [5, 5.41) is 3.04. The van der Waals surface area contributed by atoms with Gasteiger partial charge in [-0.15, -0.1) is 0 Å². The van der Waals surface area contributed by atoms with Crippen molar-refractivity contribution < 1.29 is 18.3 Å². The lowest BCUT2D eigenvalue weighted by Gasteiger charge is -2.08. The Kier molecular flexibility index (Phi) is 4.98. The highest BCUT2D eigenvalue weighted by molar-refractivity contribution is 6.34. The zero-order valence-corrected chi connectivity index (χ0v) is 12.0. The lowest BCUT2D eigenvalue weighted by atomic mass is 10.3. The van der Waals surface area contributed by atoms with Crippen molar-refractivity contribution in [1.29, 1.82) is 0 Å². The smallest absolute Gasteiger partial charge is 0.262 e. The standard InChI is InChI=1S/C14H9Cl2F2NO2/c15-8-1-9(16)3-13(2-8)21-7-14(20)19-12-5-10(17)4-11(18)6-12/h1-6H,7H2,(H,19,20). The summed E-state index contributed by atoms with van der Waals surface area (Å²) in [5.74, 6) is -1.83. The van der Waals surface area contributed by atoms with Gasteiger partial charge in [0.1, 0.15) is 17.4 Å². The molecule has 1 amide bonds. The molecule has 110 valence electrons. The molecule has 0 fully saturated rings. The summed E-state index contributed by atoms with van der Waals surface area (Å²) < 4.78 is 31.1. The predicted molar refractivity (Wildman–Crippen MR) is 76.9 cm³/mol. The maximum atomic E-state index is 13.0. The molecular formula is C14H9Cl2F2NO2. The highest BCUT2D eigenvalue weighted by Gasteiger charge is 2.07. The van der Waals surface area contributed by atoms with Crippen LogP contribution in [0.4, 0.5) is 14.5 Å². The van der Waals surface area contributed by atoms with Crippen LogP contribution in [0.3, 0.4) is 0 Å². The van der Waals surface area contributed by atoms with E-state index in [0.717, 1.165) is 12.1 Å². The average Bonchev–Trinajstić information content (AvgIpc) is 2.34. The fourth-order valence-corrected chi connectivity index (χ4v) is 2.09. The lowest BCUT2D eigenvalue weighted by Crippen LogP contribution is -2.20. The van der Waals surface area contributed by atoms with E-state index in [0.29, 0.717) is 21.9 Å². The Morgan fingerprint density at radius 2 is 1.57 bits per heavy atom. The van der Waals surface area contributed by atoms with Crippen LogP contribution in [0, 0.1) is 11.6 Å². The first kappa shape index (κ1) is 15.5. The summed E-state index contributed by atoms with van der Waals surface area (Å²) in [7, 11) is 0. The first-order valence-electron chi connectivity index (χ1n) is 5.77. The molecule has 7 heteroatoms. The third-order valence-corrected chi connectivity index (χ3v) is 2.79. The highest BCUT2D eigenvalue weighted by Crippen LogP contribution is 2.24. The Balaban J connectivity index is 1.95. The second-order valence-electron chi connectivity index (χ2n) is 4.10. The first-order chi connectivity index (χ1) is 9.92. The summed E-state index contributed by atoms with van der Waals surface area (Å²) in [6, 6.07) is 7.20. The normalized spacial score (nSPS) is 10.3. The molecule has 0 aliphatic rings. The van der Waals surface area contributed by atoms with E-state index in [1.54, 1.807) is 0 Å². The van der Waals surface area contributed by atoms with Crippen molar-refractivity contribution in [2.75, 3.05) is 11.9 Å². The molecule has 0 aromatic heterocycles. The van der Waals surface area contributed by atoms with Crippen LogP contribution >= 0.6 is 23.2 Å². The summed E-state index contributed by atoms with van der Waals surface area (Å²) in [4.78, 5) is 11.6. The molecule has 0 saturated carbocycles. The van der Waals surface area contributed by atoms with Gasteiger partial charge in [-0.3, -0.25) is 4.79 Å². The van der Waals surface area contributed by atoms with Gasteiger partial charge in [0.15, 0.2) is 6.61 Å². The Labute approximate surface area is 129 Å². The molecule has 3 nitrogen and oxygen atoms in total. The molecule has 0 heterocycles. The number of halogens is 4. The fraction of sp³-hybridized carbons (Fsp3) is 0.0714. The van der Waals surface area contributed by atoms with E-state index < -0.39 is 17.5 Å². The number of nitrogens with one attached hydrogen (secondary N) is 1. The summed E-state index contributed by atoms with van der Waals surface area (Å²) in [6.07, 6.45) is 0. The molecule has 2 aromatic rings. The van der Waals surface area contributed by atoms with Gasteiger partial charge in [0.2, 0.25) is 0 Å². The van der Waals surface area contributed by atoms with Gasteiger partial charge in [0, 0.05) is 21.8 Å². The lowest BCUT2D eigenvalue weighted by molar-refractivity contribution is -0.118. The predicted octanol–water partition coefficient (Wildman–Crippen LogP) is 4.29. The molecule has 2 aromatic carbocycles. The molecule has 0 atom stereocenters. The summed E-state index contributed by atoms with van der Waals surface area (Å²) in [5.41, 5.74) is 0.00484. The van der Waals surface area contributed by atoms with Gasteiger partial charge >= 0.3 is 0 Å². The van der Waals surface area contributed by atoms with Crippen LogP contribution in [-0.4, -0.2) is 12.5 Å². The minimum atomic E-state index is -0.784. The SMILES string of the molecule is O=C(COc1cc(Cl)cc(Cl)c1)Nc1cc(F)cc(F)c1. The van der Waals surface area contributed by atoms with Crippen LogP contribution in [0.2, 0.25) is 10.0 Å². The van der Waals surface area contributed by atoms with Gasteiger partial charge < -0.3 is 10.1 Å². The number of hydrogen-bond donors (Lipinski definition) is 1. The Bertz CT molecular complexity index is 640. The van der Waals surface area contributed by atoms with Crippen molar-refractivity contribution in [1.82, 2.24) is 0 Å². The van der Waals surface area contributed by atoms with E-state index >= 15 is 0 Å². The number of hydrogen-bond acceptors (Lipinski definition) is 2. The Morgan fingerprint density at radius 3 is 2.14 bits per heavy atom. The van der Waals surface area contributed by atoms with Crippen LogP contribution in [0.5, 0.6) is 5.75 Å². The summed E-state index contributed by atoms with van der Waals surface area (Å²) >= 11 is 11.6. The number of amides is 1. The number of carbonyl (C=O) groups excluding carboxylic acids is 1. The fourth-order valence-electron chi connectivity index (χ4n) is 1.58. The number of anilines is 1. The largest absolute Gasteiger partial charge is 0.484 e. The van der Waals surface area contributed by atoms with Crippen molar-refractivity contribution in [2.45, 2.75) is 0 Å². The van der Waals surface area contributed by atoms with Crippen LogP contribution in [0.25, 0.3) is 0 Å². The minimum absolute atomic E-state index is 0.00484.